The van der Waals surface area contributed by atoms with Gasteiger partial charge in [0, 0.05) is 108 Å². The molecule has 32 heteroatoms. The summed E-state index contributed by atoms with van der Waals surface area (Å²) in [5.41, 5.74) is 13.1. The normalized spacial score (nSPS) is 23.8. The minimum Gasteiger partial charge on any atom is -1.00 e. The van der Waals surface area contributed by atoms with Gasteiger partial charge in [0.2, 0.25) is 0 Å². The Kier molecular flexibility index (Phi) is 29.0. The number of hydrogen-bond acceptors (Lipinski definition) is 24. The van der Waals surface area contributed by atoms with Crippen LogP contribution in [0.2, 0.25) is 19.6 Å². The Balaban J connectivity index is 0.000000207. The molecule has 103 heavy (non-hydrogen) atoms. The number of nitrogens with zero attached hydrogens (tertiary/aromatic N) is 9. The maximum atomic E-state index is 11.0. The van der Waals surface area contributed by atoms with Crippen molar-refractivity contribution in [2.45, 2.75) is 133 Å². The van der Waals surface area contributed by atoms with Crippen LogP contribution >= 0.6 is 0 Å². The van der Waals surface area contributed by atoms with E-state index < -0.39 is 54.1 Å². The van der Waals surface area contributed by atoms with Gasteiger partial charge < -0.3 is 72.0 Å². The van der Waals surface area contributed by atoms with Crippen molar-refractivity contribution in [1.29, 1.82) is 0 Å². The number of aliphatic hydroxyl groups excluding tert-OH is 5. The van der Waals surface area contributed by atoms with Gasteiger partial charge in [-0.1, -0.05) is 73.8 Å². The van der Waals surface area contributed by atoms with Crippen molar-refractivity contribution >= 4 is 59.2 Å². The second-order valence-corrected chi connectivity index (χ2v) is 32.6. The number of nitrogens with one attached hydrogen (secondary N) is 3. The first-order valence-corrected chi connectivity index (χ1v) is 37.5. The first kappa shape index (κ1) is 82.7. The third kappa shape index (κ3) is 20.6. The molecule has 0 amide bonds. The summed E-state index contributed by atoms with van der Waals surface area (Å²) in [5, 5.41) is 85.2. The second-order valence-electron chi connectivity index (χ2n) is 26.6. The van der Waals surface area contributed by atoms with Crippen molar-refractivity contribution < 1.29 is 176 Å². The largest absolute Gasteiger partial charge is 1.00 e. The number of terminal acetylenes is 2. The number of aromatic nitrogens is 9. The zero-order chi connectivity index (χ0) is 72.6. The van der Waals surface area contributed by atoms with E-state index >= 15 is 0 Å². The Labute approximate surface area is 684 Å². The molecule has 2 aliphatic heterocycles. The van der Waals surface area contributed by atoms with E-state index in [9.17, 15) is 28.8 Å². The summed E-state index contributed by atoms with van der Waals surface area (Å²) in [5.74, 6) is 8.93. The number of benzene rings is 3. The van der Waals surface area contributed by atoms with Crippen LogP contribution < -0.4 is 129 Å². The Morgan fingerprint density at radius 3 is 1.33 bits per heavy atom. The average Bonchev–Trinajstić information content (AvgIpc) is 1.56. The smallest absolute Gasteiger partial charge is 1.00 e. The van der Waals surface area contributed by atoms with Crippen LogP contribution in [0.1, 0.15) is 65.1 Å². The molecule has 0 radical (unpaired) electrons. The van der Waals surface area contributed by atoms with Crippen LogP contribution in [0.4, 0.5) is 17.5 Å². The molecule has 5 fully saturated rings. The van der Waals surface area contributed by atoms with Crippen LogP contribution in [-0.4, -0.2) is 186 Å². The van der Waals surface area contributed by atoms with E-state index in [-0.39, 0.29) is 185 Å². The second kappa shape index (κ2) is 36.1. The first-order chi connectivity index (χ1) is 48.2. The van der Waals surface area contributed by atoms with Gasteiger partial charge in [0.1, 0.15) is 43.8 Å². The molecule has 3 saturated carbocycles. The number of hydrogen-bond donors (Lipinski definition) is 9. The molecule has 2 saturated heterocycles. The summed E-state index contributed by atoms with van der Waals surface area (Å²) in [6.07, 6.45) is 15.1. The van der Waals surface area contributed by atoms with E-state index in [1.807, 2.05) is 129 Å². The van der Waals surface area contributed by atoms with Gasteiger partial charge >= 0.3 is 113 Å². The first-order valence-electron chi connectivity index (χ1n) is 32.5. The summed E-state index contributed by atoms with van der Waals surface area (Å²) in [7, 11) is -4.58. The Hall–Kier alpha value is -5.97. The van der Waals surface area contributed by atoms with Gasteiger partial charge in [-0.2, -0.15) is 37.3 Å². The molecular weight excluding hydrogens is 1410 g/mol. The molecule has 0 unspecified atom stereocenters. The van der Waals surface area contributed by atoms with Gasteiger partial charge in [0.05, 0.1) is 60.1 Å². The summed E-state index contributed by atoms with van der Waals surface area (Å²) in [6.45, 7) is 14.0. The van der Waals surface area contributed by atoms with Crippen LogP contribution in [0.15, 0.2) is 128 Å². The zero-order valence-corrected chi connectivity index (χ0v) is 66.9. The van der Waals surface area contributed by atoms with Crippen LogP contribution in [0.5, 0.6) is 0 Å². The average molecular weight is 1500 g/mol. The summed E-state index contributed by atoms with van der Waals surface area (Å²) >= 11 is 0. The van der Waals surface area contributed by atoms with Gasteiger partial charge in [-0.3, -0.25) is 8.98 Å². The molecule has 10 N–H and O–H groups in total. The summed E-state index contributed by atoms with van der Waals surface area (Å²) < 4.78 is 56.3. The third-order valence-electron chi connectivity index (χ3n) is 17.4. The van der Waals surface area contributed by atoms with E-state index in [1.165, 1.54) is 0 Å². The molecule has 0 bridgehead atoms. The van der Waals surface area contributed by atoms with E-state index in [0.717, 1.165) is 87.7 Å². The van der Waals surface area contributed by atoms with E-state index in [1.54, 1.807) is 33.7 Å². The van der Waals surface area contributed by atoms with Gasteiger partial charge in [0.15, 0.2) is 28.5 Å². The predicted octanol–water partition coefficient (Wildman–Crippen LogP) is -1.09. The number of carbonyl (C=O) groups excluding carboxylic acids is 1. The van der Waals surface area contributed by atoms with Gasteiger partial charge in [-0.05, 0) is 102 Å². The van der Waals surface area contributed by atoms with Crippen molar-refractivity contribution in [2.24, 2.45) is 22.9 Å². The van der Waals surface area contributed by atoms with Crippen LogP contribution in [0.3, 0.4) is 0 Å². The van der Waals surface area contributed by atoms with Crippen molar-refractivity contribution in [3.05, 3.63) is 144 Å². The van der Waals surface area contributed by atoms with Gasteiger partial charge in [0.25, 0.3) is 6.47 Å². The summed E-state index contributed by atoms with van der Waals surface area (Å²) in [6, 6.07) is 34.0. The molecule has 6 aromatic heterocycles. The number of ether oxygens (including phenoxy) is 4. The zero-order valence-electron chi connectivity index (χ0n) is 59.9. The van der Waals surface area contributed by atoms with Gasteiger partial charge in [-0.15, -0.1) is 18.4 Å². The molecule has 28 nitrogen and oxygen atoms in total. The van der Waals surface area contributed by atoms with E-state index in [2.05, 4.69) is 94.1 Å². The third-order valence-corrected chi connectivity index (χ3v) is 18.7. The number of nitrogens with two attached hydrogens (primary N) is 1. The van der Waals surface area contributed by atoms with Crippen molar-refractivity contribution in [2.75, 3.05) is 42.9 Å². The summed E-state index contributed by atoms with van der Waals surface area (Å²) in [4.78, 5) is 24.5. The number of anilines is 3. The molecule has 8 heterocycles. The Morgan fingerprint density at radius 2 is 0.971 bits per heavy atom. The van der Waals surface area contributed by atoms with Crippen LogP contribution in [0.25, 0.3) is 50.7 Å². The molecule has 14 rings (SSSR count). The molecular formula is C71H83K2N13O15SSi. The fraction of sp³-hybridized carbons (Fsp3) is 0.394. The SMILES string of the molecule is C#Cc1cccc(-c2cc3nccc(N[C@@H]4C[C@H](CO)[C@H]5OC(C)(C)O[C@H]54)n3n2)c1.C#Cc1cccc(-c2cc3nccc(N[C@@H]4C[C@H](COS(N)(=O)=O)[C@@H](O)[C@H]4O)n3n2)c1.CC1(C)O[C@@H]2[C@@H](CO)C[C@@H](Nc3ccnc4cc(-c5cccc(C#C[Si](C)(C)C)c5)nn34)[C@@H]2O1.CO.O=CO[O-].[H-].[K+].[K+]. The molecule has 0 spiro atoms. The number of rotatable bonds is 15. The minimum atomic E-state index is -4.13. The predicted molar refractivity (Wildman–Crippen MR) is 377 cm³/mol. The number of carbonyl (C=O) groups is 1. The van der Waals surface area contributed by atoms with Crippen LogP contribution in [0, 0.1) is 53.9 Å². The van der Waals surface area contributed by atoms with E-state index in [4.69, 9.17) is 62.3 Å². The Morgan fingerprint density at radius 1 is 0.612 bits per heavy atom. The quantitative estimate of drug-likeness (QED) is 0.0194. The van der Waals surface area contributed by atoms with Crippen molar-refractivity contribution in [3.63, 3.8) is 0 Å². The Bertz CT molecular complexity index is 4680. The minimum absolute atomic E-state index is 0. The number of aliphatic hydroxyl groups is 5. The fourth-order valence-corrected chi connectivity index (χ4v) is 13.9. The van der Waals surface area contributed by atoms with Crippen molar-refractivity contribution in [1.82, 2.24) is 43.8 Å². The molecule has 9 aromatic rings. The molecule has 3 aromatic carbocycles. The fourth-order valence-electron chi connectivity index (χ4n) is 13.0. The molecule has 534 valence electrons. The maximum absolute atomic E-state index is 11.0. The monoisotopic (exact) mass is 1500 g/mol. The van der Waals surface area contributed by atoms with Crippen LogP contribution in [-0.2, 0) is 43.1 Å². The standard InChI is InChI=1S/C26H32N4O3Si.C23H24N4O3.C20H21N5O5S.CH2O3.CH4O.2K.H/c1-26(2)32-24-19(16-31)14-21(25(24)33-26)28-22-9-11-27-23-15-20(29-30(22)23)18-8-6-7-17(13-18)10-12-34(3,4)5;1-4-14-6-5-7-15(10-14)17-12-20-24-9-8-19(27(20)26-17)25-18-11-16(13-28)21-22(18)30-23(2,3)29-21;1-2-12-4-3-5-13(8-12)15-10-18-22-7-6-17(25(18)24-15)23-16-9-14(19(26)20(16)27)11-30-31(21,28)29;2-1-4-3;1-2;;;/h6-9,11,13,15,19,21,24-25,28,31H,14,16H2,1-5H3;1,5-10,12,16,18,21-22,25,28H,11,13H2,2-3H3;1,3-8,10,14,16,19-20,23,26-27H,9,11H2,(H2,21,28,29);1,3H;2H,1H3;;;/q;;;;;2*+1;-1/p-1/t19-,21-,24-,25+;16-,18-,21-,22+;14-,16-,19-,20+;;;;;/m111...../s1. The topological polar surface area (TPSA) is 383 Å². The van der Waals surface area contributed by atoms with E-state index in [0.29, 0.717) is 17.2 Å². The molecule has 3 aliphatic carbocycles. The van der Waals surface area contributed by atoms with Gasteiger partial charge in [-0.25, -0.2) is 20.1 Å². The molecule has 12 atom stereocenters. The number of fused-ring (bicyclic) bond motifs is 5. The maximum Gasteiger partial charge on any atom is 1.00 e. The molecule has 5 aliphatic rings. The van der Waals surface area contributed by atoms with Crippen molar-refractivity contribution in [3.8, 4) is 69.9 Å².